The van der Waals surface area contributed by atoms with Crippen LogP contribution < -0.4 is 0 Å². The Morgan fingerprint density at radius 1 is 1.13 bits per heavy atom. The van der Waals surface area contributed by atoms with Crippen molar-refractivity contribution >= 4 is 5.97 Å². The van der Waals surface area contributed by atoms with Gasteiger partial charge in [0.15, 0.2) is 0 Å². The number of hydrogen-bond acceptors (Lipinski definition) is 2. The molecule has 0 amide bonds. The second kappa shape index (κ2) is 5.34. The van der Waals surface area contributed by atoms with Gasteiger partial charge >= 0.3 is 5.97 Å². The van der Waals surface area contributed by atoms with E-state index in [0.29, 0.717) is 5.92 Å². The van der Waals surface area contributed by atoms with E-state index >= 15 is 0 Å². The van der Waals surface area contributed by atoms with E-state index in [2.05, 4.69) is 26.8 Å². The van der Waals surface area contributed by atoms with Gasteiger partial charge in [0.05, 0.1) is 11.0 Å². The summed E-state index contributed by atoms with van der Waals surface area (Å²) in [6.07, 6.45) is 9.70. The van der Waals surface area contributed by atoms with Gasteiger partial charge in [0, 0.05) is 0 Å². The number of allylic oxidation sites excluding steroid dienone is 1. The highest BCUT2D eigenvalue weighted by Gasteiger charge is 2.63. The molecular weight excluding hydrogens is 288 g/mol. The third-order valence-electron chi connectivity index (χ3n) is 7.53. The lowest BCUT2D eigenvalue weighted by atomic mass is 9.50. The first kappa shape index (κ1) is 17.0. The number of carbonyl (C=O) groups is 1. The zero-order chi connectivity index (χ0) is 17.0. The van der Waals surface area contributed by atoms with Crippen LogP contribution in [0.5, 0.6) is 0 Å². The highest BCUT2D eigenvalue weighted by molar-refractivity contribution is 5.76. The van der Waals surface area contributed by atoms with Crippen LogP contribution in [-0.2, 0) is 4.79 Å². The van der Waals surface area contributed by atoms with Gasteiger partial charge in [-0.15, -0.1) is 0 Å². The Hall–Kier alpha value is -0.830. The molecule has 130 valence electrons. The Bertz CT molecular complexity index is 521. The van der Waals surface area contributed by atoms with Crippen LogP contribution in [0, 0.1) is 34.5 Å². The van der Waals surface area contributed by atoms with Gasteiger partial charge in [-0.05, 0) is 74.5 Å². The lowest BCUT2D eigenvalue weighted by molar-refractivity contribution is -0.164. The number of aliphatic carboxylic acids is 1. The molecule has 6 atom stereocenters. The monoisotopic (exact) mass is 320 g/mol. The summed E-state index contributed by atoms with van der Waals surface area (Å²) >= 11 is 0. The molecule has 0 saturated heterocycles. The summed E-state index contributed by atoms with van der Waals surface area (Å²) in [7, 11) is 0. The van der Waals surface area contributed by atoms with Gasteiger partial charge in [-0.2, -0.15) is 0 Å². The second-order valence-electron chi connectivity index (χ2n) is 9.28. The third kappa shape index (κ3) is 2.47. The fraction of sp³-hybridized carbons (Fsp3) is 0.850. The summed E-state index contributed by atoms with van der Waals surface area (Å²) in [4.78, 5) is 12.4. The number of hydrogen-bond donors (Lipinski definition) is 2. The van der Waals surface area contributed by atoms with Crippen molar-refractivity contribution in [2.24, 2.45) is 34.5 Å². The van der Waals surface area contributed by atoms with E-state index in [-0.39, 0.29) is 23.2 Å². The van der Waals surface area contributed by atoms with Crippen LogP contribution in [0.4, 0.5) is 0 Å². The predicted octanol–water partition coefficient (Wildman–Crippen LogP) is 4.26. The van der Waals surface area contributed by atoms with Crippen LogP contribution in [-0.4, -0.2) is 21.8 Å². The fourth-order valence-electron chi connectivity index (χ4n) is 6.11. The first-order valence-electron chi connectivity index (χ1n) is 9.27. The molecular formula is C20H32O3. The Morgan fingerprint density at radius 3 is 2.39 bits per heavy atom. The standard InChI is InChI=1S/C20H32O3/c1-13(2)14-5-6-16-15-7-8-19(4,23)11-9-18(15,3)10-12-20(14,16)17(21)22/h7-8,13-16,23H,5-6,9-12H2,1-4H3,(H,21,22)/t14-,15+,16+,18-,19+,20+/m1/s1. The quantitative estimate of drug-likeness (QED) is 0.748. The maximum Gasteiger partial charge on any atom is 0.310 e. The minimum Gasteiger partial charge on any atom is -0.481 e. The molecule has 3 aliphatic rings. The molecule has 2 N–H and O–H groups in total. The van der Waals surface area contributed by atoms with Crippen LogP contribution in [0.1, 0.15) is 66.2 Å². The number of fused-ring (bicyclic) bond motifs is 3. The molecule has 0 aromatic heterocycles. The van der Waals surface area contributed by atoms with E-state index < -0.39 is 17.0 Å². The first-order valence-corrected chi connectivity index (χ1v) is 9.27. The highest BCUT2D eigenvalue weighted by Crippen LogP contribution is 2.65. The molecule has 0 spiro atoms. The van der Waals surface area contributed by atoms with Gasteiger partial charge in [0.1, 0.15) is 0 Å². The molecule has 0 aromatic carbocycles. The molecule has 3 nitrogen and oxygen atoms in total. The fourth-order valence-corrected chi connectivity index (χ4v) is 6.11. The highest BCUT2D eigenvalue weighted by atomic mass is 16.4. The minimum atomic E-state index is -0.748. The Balaban J connectivity index is 2.04. The average molecular weight is 320 g/mol. The maximum atomic E-state index is 12.4. The van der Waals surface area contributed by atoms with E-state index in [0.717, 1.165) is 38.5 Å². The van der Waals surface area contributed by atoms with Crippen molar-refractivity contribution in [3.63, 3.8) is 0 Å². The number of carboxylic acid groups (broad SMARTS) is 1. The van der Waals surface area contributed by atoms with Gasteiger partial charge in [-0.25, -0.2) is 0 Å². The van der Waals surface area contributed by atoms with Gasteiger partial charge in [0.2, 0.25) is 0 Å². The topological polar surface area (TPSA) is 57.5 Å². The smallest absolute Gasteiger partial charge is 0.310 e. The van der Waals surface area contributed by atoms with E-state index in [9.17, 15) is 15.0 Å². The van der Waals surface area contributed by atoms with Crippen LogP contribution in [0.3, 0.4) is 0 Å². The van der Waals surface area contributed by atoms with E-state index in [1.807, 2.05) is 13.0 Å². The van der Waals surface area contributed by atoms with Crippen molar-refractivity contribution in [1.29, 1.82) is 0 Å². The molecule has 2 saturated carbocycles. The average Bonchev–Trinajstić information content (AvgIpc) is 2.80. The van der Waals surface area contributed by atoms with E-state index in [1.165, 1.54) is 0 Å². The van der Waals surface area contributed by atoms with Gasteiger partial charge < -0.3 is 10.2 Å². The normalized spacial score (nSPS) is 49.6. The molecule has 0 aliphatic heterocycles. The largest absolute Gasteiger partial charge is 0.481 e. The molecule has 2 fully saturated rings. The van der Waals surface area contributed by atoms with Crippen molar-refractivity contribution in [3.8, 4) is 0 Å². The summed E-state index contributed by atoms with van der Waals surface area (Å²) < 4.78 is 0. The van der Waals surface area contributed by atoms with E-state index in [1.54, 1.807) is 0 Å². The molecule has 0 bridgehead atoms. The molecule has 23 heavy (non-hydrogen) atoms. The van der Waals surface area contributed by atoms with Crippen LogP contribution >= 0.6 is 0 Å². The molecule has 3 heteroatoms. The lowest BCUT2D eigenvalue weighted by Crippen LogP contribution is -2.52. The Morgan fingerprint density at radius 2 is 1.78 bits per heavy atom. The van der Waals surface area contributed by atoms with Gasteiger partial charge in [0.25, 0.3) is 0 Å². The van der Waals surface area contributed by atoms with Crippen molar-refractivity contribution in [1.82, 2.24) is 0 Å². The molecule has 0 unspecified atom stereocenters. The minimum absolute atomic E-state index is 0.131. The molecule has 3 rings (SSSR count). The van der Waals surface area contributed by atoms with E-state index in [4.69, 9.17) is 0 Å². The number of aliphatic hydroxyl groups is 1. The number of carboxylic acids is 1. The Kier molecular flexibility index (Phi) is 3.95. The predicted molar refractivity (Wildman–Crippen MR) is 90.9 cm³/mol. The summed E-state index contributed by atoms with van der Waals surface area (Å²) in [6.45, 7) is 8.55. The second-order valence-corrected chi connectivity index (χ2v) is 9.28. The van der Waals surface area contributed by atoms with Crippen LogP contribution in [0.15, 0.2) is 12.2 Å². The van der Waals surface area contributed by atoms with Gasteiger partial charge in [-0.1, -0.05) is 32.9 Å². The van der Waals surface area contributed by atoms with Crippen LogP contribution in [0.2, 0.25) is 0 Å². The lowest BCUT2D eigenvalue weighted by Gasteiger charge is -2.52. The van der Waals surface area contributed by atoms with Crippen molar-refractivity contribution in [3.05, 3.63) is 12.2 Å². The van der Waals surface area contributed by atoms with Gasteiger partial charge in [-0.3, -0.25) is 4.79 Å². The summed E-state index contributed by atoms with van der Waals surface area (Å²) in [5.74, 6) is 0.622. The molecule has 0 heterocycles. The summed E-state index contributed by atoms with van der Waals surface area (Å²) in [6, 6.07) is 0. The molecule has 0 radical (unpaired) electrons. The maximum absolute atomic E-state index is 12.4. The molecule has 3 aliphatic carbocycles. The molecule has 0 aromatic rings. The Labute approximate surface area is 140 Å². The SMILES string of the molecule is CC(C)[C@H]1CC[C@H]2[C@@H]3C=C[C@](C)(O)CC[C@]3(C)CC[C@]12C(=O)O. The summed E-state index contributed by atoms with van der Waals surface area (Å²) in [5.41, 5.74) is -1.17. The van der Waals surface area contributed by atoms with Crippen molar-refractivity contribution < 1.29 is 15.0 Å². The van der Waals surface area contributed by atoms with Crippen molar-refractivity contribution in [2.75, 3.05) is 0 Å². The summed E-state index contributed by atoms with van der Waals surface area (Å²) in [5, 5.41) is 20.7. The third-order valence-corrected chi connectivity index (χ3v) is 7.53. The van der Waals surface area contributed by atoms with Crippen LogP contribution in [0.25, 0.3) is 0 Å². The number of rotatable bonds is 2. The first-order chi connectivity index (χ1) is 10.6. The zero-order valence-corrected chi connectivity index (χ0v) is 15.0. The zero-order valence-electron chi connectivity index (χ0n) is 15.0. The van der Waals surface area contributed by atoms with Crippen molar-refractivity contribution in [2.45, 2.75) is 71.8 Å².